The Kier molecular flexibility index (Phi) is 9.24. The molecule has 6 nitrogen and oxygen atoms in total. The van der Waals surface area contributed by atoms with Gasteiger partial charge in [-0.2, -0.15) is 0 Å². The average Bonchev–Trinajstić information content (AvgIpc) is 2.30. The Morgan fingerprint density at radius 3 is 2.19 bits per heavy atom. The van der Waals surface area contributed by atoms with Gasteiger partial charge in [-0.05, 0) is 0 Å². The van der Waals surface area contributed by atoms with Crippen LogP contribution in [0.1, 0.15) is 0 Å². The van der Waals surface area contributed by atoms with E-state index in [0.717, 1.165) is 12.2 Å². The molecule has 0 spiro atoms. The fourth-order valence-corrected chi connectivity index (χ4v) is 0.698. The molecule has 0 radical (unpaired) electrons. The summed E-state index contributed by atoms with van der Waals surface area (Å²) in [7, 11) is 2.79. The quantitative estimate of drug-likeness (QED) is 0.331. The highest BCUT2D eigenvalue weighted by molar-refractivity contribution is 5.91. The fraction of sp³-hybridized carbons (Fsp3) is 0.600. The Morgan fingerprint density at radius 1 is 0.938 bits per heavy atom. The molecule has 0 bridgehead atoms. The highest BCUT2D eigenvalue weighted by Crippen LogP contribution is 1.85. The van der Waals surface area contributed by atoms with Gasteiger partial charge in [0.15, 0.2) is 0 Å². The summed E-state index contributed by atoms with van der Waals surface area (Å²) < 4.78 is 18.8. The van der Waals surface area contributed by atoms with Crippen LogP contribution in [0.4, 0.5) is 0 Å². The Labute approximate surface area is 94.1 Å². The summed E-state index contributed by atoms with van der Waals surface area (Å²) >= 11 is 0. The van der Waals surface area contributed by atoms with Crippen molar-refractivity contribution in [2.75, 3.05) is 40.6 Å². The number of esters is 2. The normalized spacial score (nSPS) is 10.4. The maximum absolute atomic E-state index is 11.0. The molecule has 0 aliphatic heterocycles. The van der Waals surface area contributed by atoms with Crippen molar-refractivity contribution in [1.29, 1.82) is 0 Å². The summed E-state index contributed by atoms with van der Waals surface area (Å²) in [5.74, 6) is -1.21. The predicted molar refractivity (Wildman–Crippen MR) is 54.8 cm³/mol. The topological polar surface area (TPSA) is 71.1 Å². The van der Waals surface area contributed by atoms with Crippen molar-refractivity contribution in [3.05, 3.63) is 12.2 Å². The van der Waals surface area contributed by atoms with E-state index in [2.05, 4.69) is 4.74 Å². The van der Waals surface area contributed by atoms with Crippen molar-refractivity contribution in [2.45, 2.75) is 0 Å². The van der Waals surface area contributed by atoms with Crippen LogP contribution in [0.15, 0.2) is 12.2 Å². The lowest BCUT2D eigenvalue weighted by Gasteiger charge is -2.03. The minimum atomic E-state index is -0.610. The van der Waals surface area contributed by atoms with Crippen molar-refractivity contribution in [2.24, 2.45) is 0 Å². The van der Waals surface area contributed by atoms with E-state index in [4.69, 9.17) is 14.2 Å². The molecule has 0 aliphatic carbocycles. The summed E-state index contributed by atoms with van der Waals surface area (Å²) in [6.45, 7) is 1.37. The van der Waals surface area contributed by atoms with Gasteiger partial charge in [-0.15, -0.1) is 0 Å². The Hall–Kier alpha value is -1.40. The molecule has 16 heavy (non-hydrogen) atoms. The summed E-state index contributed by atoms with van der Waals surface area (Å²) in [4.78, 5) is 21.6. The molecule has 0 rings (SSSR count). The van der Waals surface area contributed by atoms with Crippen LogP contribution in [-0.2, 0) is 28.5 Å². The van der Waals surface area contributed by atoms with E-state index in [-0.39, 0.29) is 6.61 Å². The van der Waals surface area contributed by atoms with Gasteiger partial charge in [0.05, 0.1) is 26.9 Å². The first kappa shape index (κ1) is 14.6. The molecule has 0 aliphatic rings. The second-order valence-electron chi connectivity index (χ2n) is 2.63. The zero-order chi connectivity index (χ0) is 12.2. The maximum atomic E-state index is 11.0. The molecule has 0 aromatic heterocycles. The zero-order valence-corrected chi connectivity index (χ0v) is 9.43. The summed E-state index contributed by atoms with van der Waals surface area (Å²) in [6, 6.07) is 0. The molecule has 0 aromatic carbocycles. The molecule has 0 unspecified atom stereocenters. The summed E-state index contributed by atoms with van der Waals surface area (Å²) in [6.07, 6.45) is 2.00. The molecule has 0 saturated carbocycles. The SMILES string of the molecule is COCCOCCOC(=O)/C=C\C(=O)OC. The van der Waals surface area contributed by atoms with Crippen LogP contribution in [0.25, 0.3) is 0 Å². The van der Waals surface area contributed by atoms with Crippen LogP contribution >= 0.6 is 0 Å². The zero-order valence-electron chi connectivity index (χ0n) is 9.43. The van der Waals surface area contributed by atoms with Crippen LogP contribution in [0.2, 0.25) is 0 Å². The van der Waals surface area contributed by atoms with Gasteiger partial charge < -0.3 is 18.9 Å². The first-order chi connectivity index (χ1) is 7.70. The third kappa shape index (κ3) is 9.17. The number of carbonyl (C=O) groups is 2. The van der Waals surface area contributed by atoms with Crippen LogP contribution < -0.4 is 0 Å². The third-order valence-electron chi connectivity index (χ3n) is 1.46. The van der Waals surface area contributed by atoms with Crippen molar-refractivity contribution < 1.29 is 28.5 Å². The van der Waals surface area contributed by atoms with Gasteiger partial charge in [0.1, 0.15) is 6.61 Å². The van der Waals surface area contributed by atoms with Crippen LogP contribution in [0.5, 0.6) is 0 Å². The summed E-state index contributed by atoms with van der Waals surface area (Å²) in [5.41, 5.74) is 0. The third-order valence-corrected chi connectivity index (χ3v) is 1.46. The lowest BCUT2D eigenvalue weighted by atomic mass is 10.5. The minimum absolute atomic E-state index is 0.133. The van der Waals surface area contributed by atoms with E-state index in [0.29, 0.717) is 19.8 Å². The van der Waals surface area contributed by atoms with E-state index >= 15 is 0 Å². The number of rotatable bonds is 8. The number of methoxy groups -OCH3 is 2. The monoisotopic (exact) mass is 232 g/mol. The van der Waals surface area contributed by atoms with Crippen LogP contribution in [-0.4, -0.2) is 52.6 Å². The van der Waals surface area contributed by atoms with E-state index in [1.54, 1.807) is 7.11 Å². The molecule has 92 valence electrons. The number of hydrogen-bond donors (Lipinski definition) is 0. The number of hydrogen-bond acceptors (Lipinski definition) is 6. The molecule has 0 amide bonds. The van der Waals surface area contributed by atoms with Gasteiger partial charge >= 0.3 is 11.9 Å². The summed E-state index contributed by atoms with van der Waals surface area (Å²) in [5, 5.41) is 0. The van der Waals surface area contributed by atoms with Crippen molar-refractivity contribution >= 4 is 11.9 Å². The van der Waals surface area contributed by atoms with Crippen LogP contribution in [0.3, 0.4) is 0 Å². The van der Waals surface area contributed by atoms with E-state index in [1.165, 1.54) is 7.11 Å². The maximum Gasteiger partial charge on any atom is 0.331 e. The second-order valence-corrected chi connectivity index (χ2v) is 2.63. The first-order valence-electron chi connectivity index (χ1n) is 4.70. The Bertz CT molecular complexity index is 235. The molecule has 0 saturated heterocycles. The predicted octanol–water partition coefficient (Wildman–Crippen LogP) is -0.0782. The van der Waals surface area contributed by atoms with Crippen molar-refractivity contribution in [3.63, 3.8) is 0 Å². The molecule has 0 atom stereocenters. The molecule has 0 heterocycles. The highest BCUT2D eigenvalue weighted by Gasteiger charge is 1.98. The van der Waals surface area contributed by atoms with Gasteiger partial charge in [-0.1, -0.05) is 0 Å². The molecule has 0 aromatic rings. The van der Waals surface area contributed by atoms with Gasteiger partial charge in [0.2, 0.25) is 0 Å². The van der Waals surface area contributed by atoms with E-state index < -0.39 is 11.9 Å². The Morgan fingerprint density at radius 2 is 1.56 bits per heavy atom. The van der Waals surface area contributed by atoms with Gasteiger partial charge in [-0.25, -0.2) is 9.59 Å². The number of ether oxygens (including phenoxy) is 4. The van der Waals surface area contributed by atoms with E-state index in [1.807, 2.05) is 0 Å². The first-order valence-corrected chi connectivity index (χ1v) is 4.70. The van der Waals surface area contributed by atoms with Gasteiger partial charge in [-0.3, -0.25) is 0 Å². The fourth-order valence-electron chi connectivity index (χ4n) is 0.698. The highest BCUT2D eigenvalue weighted by atomic mass is 16.6. The van der Waals surface area contributed by atoms with Crippen LogP contribution in [0, 0.1) is 0 Å². The molecular weight excluding hydrogens is 216 g/mol. The van der Waals surface area contributed by atoms with Crippen molar-refractivity contribution in [1.82, 2.24) is 0 Å². The van der Waals surface area contributed by atoms with Gasteiger partial charge in [0, 0.05) is 19.3 Å². The largest absolute Gasteiger partial charge is 0.466 e. The smallest absolute Gasteiger partial charge is 0.331 e. The Balaban J connectivity index is 3.44. The molecule has 0 fully saturated rings. The lowest BCUT2D eigenvalue weighted by Crippen LogP contribution is -2.11. The number of carbonyl (C=O) groups excluding carboxylic acids is 2. The minimum Gasteiger partial charge on any atom is -0.466 e. The molecular formula is C10H16O6. The lowest BCUT2D eigenvalue weighted by molar-refractivity contribution is -0.140. The van der Waals surface area contributed by atoms with E-state index in [9.17, 15) is 9.59 Å². The molecule has 6 heteroatoms. The standard InChI is InChI=1S/C10H16O6/c1-13-5-6-15-7-8-16-10(12)4-3-9(11)14-2/h3-4H,5-8H2,1-2H3/b4-3-. The molecule has 0 N–H and O–H groups in total. The second kappa shape index (κ2) is 10.1. The van der Waals surface area contributed by atoms with Gasteiger partial charge in [0.25, 0.3) is 0 Å². The average molecular weight is 232 g/mol. The van der Waals surface area contributed by atoms with Crippen molar-refractivity contribution in [3.8, 4) is 0 Å².